The van der Waals surface area contributed by atoms with Gasteiger partial charge in [0.2, 0.25) is 0 Å². The number of nitrogens with zero attached hydrogens (tertiary/aromatic N) is 1. The van der Waals surface area contributed by atoms with E-state index in [-0.39, 0.29) is 6.04 Å². The van der Waals surface area contributed by atoms with Crippen LogP contribution in [0.2, 0.25) is 0 Å². The molecule has 0 heterocycles. The standard InChI is InChI=1S/C11H18N2/c1-4-13(3)11-8-6-5-7-10(11)9(2)12/h5-9H,4,12H2,1-3H3. The van der Waals surface area contributed by atoms with Gasteiger partial charge in [-0.3, -0.25) is 0 Å². The van der Waals surface area contributed by atoms with Crippen molar-refractivity contribution in [3.05, 3.63) is 29.8 Å². The lowest BCUT2D eigenvalue weighted by molar-refractivity contribution is 0.806. The summed E-state index contributed by atoms with van der Waals surface area (Å²) >= 11 is 0. The van der Waals surface area contributed by atoms with E-state index in [0.29, 0.717) is 0 Å². The monoisotopic (exact) mass is 178 g/mol. The Morgan fingerprint density at radius 2 is 2.00 bits per heavy atom. The second kappa shape index (κ2) is 4.28. The zero-order valence-corrected chi connectivity index (χ0v) is 8.62. The van der Waals surface area contributed by atoms with Crippen LogP contribution in [0.25, 0.3) is 0 Å². The average molecular weight is 178 g/mol. The van der Waals surface area contributed by atoms with Gasteiger partial charge in [-0.1, -0.05) is 18.2 Å². The van der Waals surface area contributed by atoms with E-state index >= 15 is 0 Å². The Labute approximate surface area is 80.4 Å². The molecule has 1 unspecified atom stereocenters. The van der Waals surface area contributed by atoms with Crippen molar-refractivity contribution in [3.63, 3.8) is 0 Å². The molecule has 0 fully saturated rings. The molecule has 0 aromatic heterocycles. The molecule has 0 radical (unpaired) electrons. The van der Waals surface area contributed by atoms with E-state index in [1.54, 1.807) is 0 Å². The summed E-state index contributed by atoms with van der Waals surface area (Å²) in [5.41, 5.74) is 8.33. The number of para-hydroxylation sites is 1. The minimum atomic E-state index is 0.102. The molecular weight excluding hydrogens is 160 g/mol. The normalized spacial score (nSPS) is 12.6. The number of rotatable bonds is 3. The maximum Gasteiger partial charge on any atom is 0.0411 e. The first-order valence-corrected chi connectivity index (χ1v) is 4.72. The summed E-state index contributed by atoms with van der Waals surface area (Å²) < 4.78 is 0. The van der Waals surface area contributed by atoms with Crippen LogP contribution in [-0.2, 0) is 0 Å². The molecule has 0 aliphatic heterocycles. The lowest BCUT2D eigenvalue weighted by atomic mass is 10.1. The number of hydrogen-bond acceptors (Lipinski definition) is 2. The van der Waals surface area contributed by atoms with Crippen LogP contribution in [0.1, 0.15) is 25.5 Å². The minimum Gasteiger partial charge on any atom is -0.375 e. The number of hydrogen-bond donors (Lipinski definition) is 1. The highest BCUT2D eigenvalue weighted by atomic mass is 15.1. The van der Waals surface area contributed by atoms with Gasteiger partial charge in [0.05, 0.1) is 0 Å². The molecule has 1 aromatic carbocycles. The molecule has 72 valence electrons. The fraction of sp³-hybridized carbons (Fsp3) is 0.455. The Bertz CT molecular complexity index is 269. The molecule has 2 heteroatoms. The molecule has 0 bridgehead atoms. The second-order valence-electron chi connectivity index (χ2n) is 3.36. The maximum absolute atomic E-state index is 5.88. The van der Waals surface area contributed by atoms with Crippen LogP contribution in [-0.4, -0.2) is 13.6 Å². The summed E-state index contributed by atoms with van der Waals surface area (Å²) in [6.07, 6.45) is 0. The molecule has 2 nitrogen and oxygen atoms in total. The molecule has 0 aliphatic carbocycles. The Morgan fingerprint density at radius 1 is 1.38 bits per heavy atom. The Morgan fingerprint density at radius 3 is 2.54 bits per heavy atom. The van der Waals surface area contributed by atoms with Gasteiger partial charge in [-0.15, -0.1) is 0 Å². The van der Waals surface area contributed by atoms with Gasteiger partial charge >= 0.3 is 0 Å². The van der Waals surface area contributed by atoms with Crippen LogP contribution in [0, 0.1) is 0 Å². The van der Waals surface area contributed by atoms with Crippen molar-refractivity contribution in [1.29, 1.82) is 0 Å². The first kappa shape index (κ1) is 10.1. The average Bonchev–Trinajstić information content (AvgIpc) is 2.16. The first-order chi connectivity index (χ1) is 6.16. The lowest BCUT2D eigenvalue weighted by Crippen LogP contribution is -2.19. The van der Waals surface area contributed by atoms with E-state index in [9.17, 15) is 0 Å². The van der Waals surface area contributed by atoms with E-state index in [1.807, 2.05) is 19.1 Å². The summed E-state index contributed by atoms with van der Waals surface area (Å²) in [6.45, 7) is 5.16. The highest BCUT2D eigenvalue weighted by molar-refractivity contribution is 5.54. The predicted octanol–water partition coefficient (Wildman–Crippen LogP) is 2.16. The molecule has 0 spiro atoms. The molecule has 0 amide bonds. The number of benzene rings is 1. The second-order valence-corrected chi connectivity index (χ2v) is 3.36. The summed E-state index contributed by atoms with van der Waals surface area (Å²) in [5, 5.41) is 0. The van der Waals surface area contributed by atoms with Crippen LogP contribution in [0.5, 0.6) is 0 Å². The van der Waals surface area contributed by atoms with Gasteiger partial charge in [-0.05, 0) is 25.5 Å². The molecule has 0 saturated carbocycles. The van der Waals surface area contributed by atoms with Crippen LogP contribution in [0.4, 0.5) is 5.69 Å². The third kappa shape index (κ3) is 2.22. The van der Waals surface area contributed by atoms with Crippen LogP contribution in [0.3, 0.4) is 0 Å². The Kier molecular flexibility index (Phi) is 3.32. The van der Waals surface area contributed by atoms with Crippen molar-refractivity contribution in [1.82, 2.24) is 0 Å². The van der Waals surface area contributed by atoms with E-state index in [4.69, 9.17) is 5.73 Å². The van der Waals surface area contributed by atoms with Gasteiger partial charge in [0.15, 0.2) is 0 Å². The molecule has 0 aliphatic rings. The lowest BCUT2D eigenvalue weighted by Gasteiger charge is -2.22. The smallest absolute Gasteiger partial charge is 0.0411 e. The highest BCUT2D eigenvalue weighted by Gasteiger charge is 2.07. The van der Waals surface area contributed by atoms with Crippen molar-refractivity contribution in [2.45, 2.75) is 19.9 Å². The maximum atomic E-state index is 5.88. The SMILES string of the molecule is CCN(C)c1ccccc1C(C)N. The van der Waals surface area contributed by atoms with Crippen LogP contribution < -0.4 is 10.6 Å². The molecule has 0 saturated heterocycles. The fourth-order valence-corrected chi connectivity index (χ4v) is 1.39. The number of nitrogens with two attached hydrogens (primary N) is 1. The van der Waals surface area contributed by atoms with Crippen molar-refractivity contribution in [3.8, 4) is 0 Å². The summed E-state index contributed by atoms with van der Waals surface area (Å²) in [6, 6.07) is 8.39. The van der Waals surface area contributed by atoms with Crippen molar-refractivity contribution in [2.24, 2.45) is 5.73 Å². The van der Waals surface area contributed by atoms with Gasteiger partial charge in [0.1, 0.15) is 0 Å². The van der Waals surface area contributed by atoms with Gasteiger partial charge in [0, 0.05) is 25.3 Å². The van der Waals surface area contributed by atoms with E-state index < -0.39 is 0 Å². The van der Waals surface area contributed by atoms with E-state index in [1.165, 1.54) is 11.3 Å². The van der Waals surface area contributed by atoms with E-state index in [2.05, 4.69) is 31.0 Å². The van der Waals surface area contributed by atoms with Gasteiger partial charge < -0.3 is 10.6 Å². The molecule has 13 heavy (non-hydrogen) atoms. The fourth-order valence-electron chi connectivity index (χ4n) is 1.39. The molecule has 1 aromatic rings. The molecular formula is C11H18N2. The van der Waals surface area contributed by atoms with Gasteiger partial charge in [-0.2, -0.15) is 0 Å². The van der Waals surface area contributed by atoms with Crippen molar-refractivity contribution < 1.29 is 0 Å². The Hall–Kier alpha value is -1.02. The zero-order valence-electron chi connectivity index (χ0n) is 8.62. The van der Waals surface area contributed by atoms with Gasteiger partial charge in [0.25, 0.3) is 0 Å². The topological polar surface area (TPSA) is 29.3 Å². The Balaban J connectivity index is 3.04. The summed E-state index contributed by atoms with van der Waals surface area (Å²) in [7, 11) is 2.08. The quantitative estimate of drug-likeness (QED) is 0.768. The zero-order chi connectivity index (χ0) is 9.84. The largest absolute Gasteiger partial charge is 0.375 e. The third-order valence-electron chi connectivity index (χ3n) is 2.31. The highest BCUT2D eigenvalue weighted by Crippen LogP contribution is 2.23. The summed E-state index contributed by atoms with van der Waals surface area (Å²) in [5.74, 6) is 0. The van der Waals surface area contributed by atoms with E-state index in [0.717, 1.165) is 6.54 Å². The predicted molar refractivity (Wildman–Crippen MR) is 58.0 cm³/mol. The number of anilines is 1. The first-order valence-electron chi connectivity index (χ1n) is 4.72. The summed E-state index contributed by atoms with van der Waals surface area (Å²) in [4.78, 5) is 2.21. The molecule has 2 N–H and O–H groups in total. The van der Waals surface area contributed by atoms with Crippen molar-refractivity contribution in [2.75, 3.05) is 18.5 Å². The van der Waals surface area contributed by atoms with Gasteiger partial charge in [-0.25, -0.2) is 0 Å². The minimum absolute atomic E-state index is 0.102. The molecule has 1 atom stereocenters. The third-order valence-corrected chi connectivity index (χ3v) is 2.31. The molecule has 1 rings (SSSR count). The van der Waals surface area contributed by atoms with Crippen LogP contribution in [0.15, 0.2) is 24.3 Å². The van der Waals surface area contributed by atoms with Crippen molar-refractivity contribution >= 4 is 5.69 Å². The van der Waals surface area contributed by atoms with Crippen LogP contribution >= 0.6 is 0 Å².